The highest BCUT2D eigenvalue weighted by Crippen LogP contribution is 2.25. The summed E-state index contributed by atoms with van der Waals surface area (Å²) in [5.41, 5.74) is 2.13. The molecule has 0 unspecified atom stereocenters. The first kappa shape index (κ1) is 20.9. The van der Waals surface area contributed by atoms with Crippen LogP contribution in [0.5, 0.6) is 5.75 Å². The summed E-state index contributed by atoms with van der Waals surface area (Å²) < 4.78 is 15.7. The zero-order valence-corrected chi connectivity index (χ0v) is 17.4. The number of hydrogen-bond acceptors (Lipinski definition) is 6. The van der Waals surface area contributed by atoms with Gasteiger partial charge < -0.3 is 19.2 Å². The van der Waals surface area contributed by atoms with E-state index in [0.717, 1.165) is 0 Å². The number of fused-ring (bicyclic) bond motifs is 1. The van der Waals surface area contributed by atoms with Crippen molar-refractivity contribution in [2.45, 2.75) is 0 Å². The van der Waals surface area contributed by atoms with Crippen LogP contribution >= 0.6 is 0 Å². The quantitative estimate of drug-likeness (QED) is 0.469. The highest BCUT2D eigenvalue weighted by atomic mass is 16.5. The van der Waals surface area contributed by atoms with Crippen molar-refractivity contribution in [2.75, 3.05) is 19.5 Å². The number of ether oxygens (including phenoxy) is 2. The van der Waals surface area contributed by atoms with Crippen LogP contribution in [-0.4, -0.2) is 26.1 Å². The van der Waals surface area contributed by atoms with Gasteiger partial charge in [0, 0.05) is 22.9 Å². The van der Waals surface area contributed by atoms with E-state index in [4.69, 9.17) is 9.15 Å². The Hall–Kier alpha value is -4.39. The maximum Gasteiger partial charge on any atom is 0.337 e. The third-order valence-electron chi connectivity index (χ3n) is 4.91. The van der Waals surface area contributed by atoms with Crippen LogP contribution in [0.25, 0.3) is 22.3 Å². The molecule has 0 saturated carbocycles. The molecule has 160 valence electrons. The van der Waals surface area contributed by atoms with E-state index in [9.17, 15) is 14.4 Å². The Bertz CT molecular complexity index is 1370. The van der Waals surface area contributed by atoms with Crippen molar-refractivity contribution >= 4 is 28.5 Å². The summed E-state index contributed by atoms with van der Waals surface area (Å²) in [7, 11) is 2.82. The molecule has 1 aromatic heterocycles. The molecule has 3 aromatic carbocycles. The van der Waals surface area contributed by atoms with Gasteiger partial charge in [-0.2, -0.15) is 0 Å². The molecule has 1 amide bonds. The summed E-state index contributed by atoms with van der Waals surface area (Å²) in [5.74, 6) is 0.111. The van der Waals surface area contributed by atoms with Gasteiger partial charge in [-0.05, 0) is 60.7 Å². The molecular weight excluding hydrogens is 410 g/mol. The van der Waals surface area contributed by atoms with Crippen LogP contribution < -0.4 is 15.5 Å². The highest BCUT2D eigenvalue weighted by Gasteiger charge is 2.12. The summed E-state index contributed by atoms with van der Waals surface area (Å²) in [6.45, 7) is 0. The summed E-state index contributed by atoms with van der Waals surface area (Å²) in [5, 5.41) is 3.21. The molecular formula is C25H19NO6. The summed E-state index contributed by atoms with van der Waals surface area (Å²) in [6.07, 6.45) is 0. The molecule has 7 heteroatoms. The molecule has 0 saturated heterocycles. The van der Waals surface area contributed by atoms with Gasteiger partial charge in [0.05, 0.1) is 25.2 Å². The molecule has 0 bridgehead atoms. The predicted molar refractivity (Wildman–Crippen MR) is 120 cm³/mol. The van der Waals surface area contributed by atoms with Gasteiger partial charge in [0.15, 0.2) is 5.43 Å². The first-order chi connectivity index (χ1) is 15.5. The van der Waals surface area contributed by atoms with Crippen molar-refractivity contribution in [3.63, 3.8) is 0 Å². The monoisotopic (exact) mass is 429 g/mol. The van der Waals surface area contributed by atoms with Gasteiger partial charge in [0.2, 0.25) is 0 Å². The van der Waals surface area contributed by atoms with E-state index < -0.39 is 5.97 Å². The Kier molecular flexibility index (Phi) is 5.72. The Morgan fingerprint density at radius 3 is 2.34 bits per heavy atom. The topological polar surface area (TPSA) is 94.8 Å². The lowest BCUT2D eigenvalue weighted by Gasteiger charge is -2.08. The molecule has 4 aromatic rings. The number of hydrogen-bond donors (Lipinski definition) is 1. The number of esters is 1. The SMILES string of the molecule is COC(=O)c1cccc(C(=O)Nc2ccc(-c3cc(=O)c4cc(OC)ccc4o3)cc2)c1. The second-order valence-corrected chi connectivity index (χ2v) is 6.94. The van der Waals surface area contributed by atoms with Crippen molar-refractivity contribution in [3.8, 4) is 17.1 Å². The minimum absolute atomic E-state index is 0.178. The van der Waals surface area contributed by atoms with Crippen molar-refractivity contribution in [1.82, 2.24) is 0 Å². The molecule has 0 spiro atoms. The van der Waals surface area contributed by atoms with E-state index in [2.05, 4.69) is 10.1 Å². The third kappa shape index (κ3) is 4.22. The summed E-state index contributed by atoms with van der Waals surface area (Å²) in [4.78, 5) is 36.7. The van der Waals surface area contributed by atoms with Gasteiger partial charge >= 0.3 is 5.97 Å². The van der Waals surface area contributed by atoms with Crippen LogP contribution in [-0.2, 0) is 4.74 Å². The lowest BCUT2D eigenvalue weighted by atomic mass is 10.1. The number of anilines is 1. The van der Waals surface area contributed by atoms with E-state index in [1.807, 2.05) is 0 Å². The zero-order chi connectivity index (χ0) is 22.7. The summed E-state index contributed by atoms with van der Waals surface area (Å²) >= 11 is 0. The first-order valence-corrected chi connectivity index (χ1v) is 9.70. The average molecular weight is 429 g/mol. The van der Waals surface area contributed by atoms with Crippen LogP contribution in [0, 0.1) is 0 Å². The van der Waals surface area contributed by atoms with Gasteiger partial charge in [-0.15, -0.1) is 0 Å². The van der Waals surface area contributed by atoms with Crippen molar-refractivity contribution in [1.29, 1.82) is 0 Å². The van der Waals surface area contributed by atoms with Crippen molar-refractivity contribution < 1.29 is 23.5 Å². The Morgan fingerprint density at radius 2 is 1.62 bits per heavy atom. The Morgan fingerprint density at radius 1 is 0.875 bits per heavy atom. The first-order valence-electron chi connectivity index (χ1n) is 9.70. The predicted octanol–water partition coefficient (Wildman–Crippen LogP) is 4.51. The number of amides is 1. The second kappa shape index (κ2) is 8.77. The molecule has 1 heterocycles. The molecule has 4 rings (SSSR count). The maximum atomic E-state index is 12.5. The number of methoxy groups -OCH3 is 2. The standard InChI is InChI=1S/C25H19NO6/c1-30-19-10-11-22-20(13-19)21(27)14-23(32-22)15-6-8-18(9-7-15)26-24(28)16-4-3-5-17(12-16)25(29)31-2/h3-14H,1-2H3,(H,26,28). The number of nitrogens with one attached hydrogen (secondary N) is 1. The molecule has 0 aliphatic heterocycles. The lowest BCUT2D eigenvalue weighted by molar-refractivity contribution is 0.0600. The number of benzene rings is 3. The lowest BCUT2D eigenvalue weighted by Crippen LogP contribution is -2.13. The van der Waals surface area contributed by atoms with Crippen LogP contribution in [0.4, 0.5) is 5.69 Å². The van der Waals surface area contributed by atoms with Crippen LogP contribution in [0.15, 0.2) is 82.0 Å². The molecule has 0 fully saturated rings. The molecule has 0 atom stereocenters. The second-order valence-electron chi connectivity index (χ2n) is 6.94. The number of carbonyl (C=O) groups excluding carboxylic acids is 2. The Labute approximate surface area is 183 Å². The van der Waals surface area contributed by atoms with E-state index in [1.165, 1.54) is 26.4 Å². The molecule has 32 heavy (non-hydrogen) atoms. The molecule has 0 aliphatic carbocycles. The van der Waals surface area contributed by atoms with Gasteiger partial charge in [0.25, 0.3) is 5.91 Å². The van der Waals surface area contributed by atoms with Crippen LogP contribution in [0.1, 0.15) is 20.7 Å². The van der Waals surface area contributed by atoms with E-state index in [-0.39, 0.29) is 11.3 Å². The minimum atomic E-state index is -0.515. The van der Waals surface area contributed by atoms with E-state index in [1.54, 1.807) is 60.7 Å². The molecule has 0 radical (unpaired) electrons. The van der Waals surface area contributed by atoms with Gasteiger partial charge in [0.1, 0.15) is 17.1 Å². The number of rotatable bonds is 5. The van der Waals surface area contributed by atoms with Crippen LogP contribution in [0.3, 0.4) is 0 Å². The largest absolute Gasteiger partial charge is 0.497 e. The van der Waals surface area contributed by atoms with Gasteiger partial charge in [-0.1, -0.05) is 6.07 Å². The number of carbonyl (C=O) groups is 2. The molecule has 1 N–H and O–H groups in total. The third-order valence-corrected chi connectivity index (χ3v) is 4.91. The molecule has 0 aliphatic rings. The maximum absolute atomic E-state index is 12.5. The van der Waals surface area contributed by atoms with Gasteiger partial charge in [-0.25, -0.2) is 4.79 Å². The fourth-order valence-corrected chi connectivity index (χ4v) is 3.23. The van der Waals surface area contributed by atoms with E-state index in [0.29, 0.717) is 44.9 Å². The fraction of sp³-hybridized carbons (Fsp3) is 0.0800. The van der Waals surface area contributed by atoms with E-state index >= 15 is 0 Å². The van der Waals surface area contributed by atoms with Gasteiger partial charge in [-0.3, -0.25) is 9.59 Å². The average Bonchev–Trinajstić information content (AvgIpc) is 2.83. The van der Waals surface area contributed by atoms with Crippen LogP contribution in [0.2, 0.25) is 0 Å². The minimum Gasteiger partial charge on any atom is -0.497 e. The smallest absolute Gasteiger partial charge is 0.337 e. The zero-order valence-electron chi connectivity index (χ0n) is 17.4. The highest BCUT2D eigenvalue weighted by molar-refractivity contribution is 6.05. The summed E-state index contributed by atoms with van der Waals surface area (Å²) in [6, 6.07) is 19.6. The molecule has 7 nitrogen and oxygen atoms in total. The normalized spacial score (nSPS) is 10.6. The van der Waals surface area contributed by atoms with Crippen molar-refractivity contribution in [2.24, 2.45) is 0 Å². The fourth-order valence-electron chi connectivity index (χ4n) is 3.23. The van der Waals surface area contributed by atoms with Crippen molar-refractivity contribution in [3.05, 3.63) is 94.1 Å². The Balaban J connectivity index is 1.55.